The van der Waals surface area contributed by atoms with Crippen LogP contribution in [-0.2, 0) is 0 Å². The second-order valence-corrected chi connectivity index (χ2v) is 9.11. The minimum atomic E-state index is -0.222. The normalized spacial score (nSPS) is 54.2. The summed E-state index contributed by atoms with van der Waals surface area (Å²) >= 11 is 0. The number of allylic oxidation sites excluding steroid dienone is 2. The summed E-state index contributed by atoms with van der Waals surface area (Å²) in [5.41, 5.74) is 3.35. The van der Waals surface area contributed by atoms with Crippen molar-refractivity contribution in [2.75, 3.05) is 0 Å². The van der Waals surface area contributed by atoms with Gasteiger partial charge in [0.15, 0.2) is 0 Å². The van der Waals surface area contributed by atoms with E-state index in [-0.39, 0.29) is 17.6 Å². The molecule has 0 heterocycles. The van der Waals surface area contributed by atoms with Crippen LogP contribution >= 0.6 is 0 Å². The molecule has 3 saturated carbocycles. The Hall–Kier alpha value is -0.600. The molecule has 3 fully saturated rings. The zero-order valence-corrected chi connectivity index (χ0v) is 14.9. The van der Waals surface area contributed by atoms with Crippen LogP contribution in [0.5, 0.6) is 0 Å². The molecular weight excluding hydrogens is 284 g/mol. The Balaban J connectivity index is 1.70. The fourth-order valence-electron chi connectivity index (χ4n) is 7.03. The molecule has 5 unspecified atom stereocenters. The lowest BCUT2D eigenvalue weighted by Gasteiger charge is -2.57. The van der Waals surface area contributed by atoms with Gasteiger partial charge < -0.3 is 10.2 Å². The number of aliphatic hydroxyl groups is 2. The van der Waals surface area contributed by atoms with Gasteiger partial charge in [0.25, 0.3) is 0 Å². The third-order valence-electron chi connectivity index (χ3n) is 8.27. The summed E-state index contributed by atoms with van der Waals surface area (Å²) in [6.07, 6.45) is 11.9. The van der Waals surface area contributed by atoms with Crippen LogP contribution < -0.4 is 0 Å². The van der Waals surface area contributed by atoms with E-state index in [0.717, 1.165) is 38.0 Å². The summed E-state index contributed by atoms with van der Waals surface area (Å²) in [7, 11) is 0. The predicted molar refractivity (Wildman–Crippen MR) is 92.9 cm³/mol. The molecule has 0 radical (unpaired) electrons. The first-order valence-corrected chi connectivity index (χ1v) is 9.62. The lowest BCUT2D eigenvalue weighted by molar-refractivity contribution is -0.0278. The first-order chi connectivity index (χ1) is 10.9. The number of aliphatic hydroxyl groups excluding tert-OH is 2. The smallest absolute Gasteiger partial charge is 0.0758 e. The summed E-state index contributed by atoms with van der Waals surface area (Å²) in [5, 5.41) is 20.7. The van der Waals surface area contributed by atoms with Crippen LogP contribution in [0.15, 0.2) is 23.3 Å². The molecule has 2 N–H and O–H groups in total. The van der Waals surface area contributed by atoms with E-state index < -0.39 is 0 Å². The maximum atomic E-state index is 10.6. The molecule has 0 aromatic heterocycles. The molecule has 23 heavy (non-hydrogen) atoms. The molecule has 0 spiro atoms. The van der Waals surface area contributed by atoms with Crippen LogP contribution in [0, 0.1) is 28.6 Å². The van der Waals surface area contributed by atoms with Crippen LogP contribution in [0.2, 0.25) is 0 Å². The van der Waals surface area contributed by atoms with E-state index in [0.29, 0.717) is 17.3 Å². The molecule has 4 rings (SSSR count). The number of fused-ring (bicyclic) bond motifs is 5. The Bertz CT molecular complexity index is 562. The van der Waals surface area contributed by atoms with Crippen molar-refractivity contribution in [3.8, 4) is 0 Å². The molecule has 0 aromatic rings. The first kappa shape index (κ1) is 15.9. The molecule has 2 heteroatoms. The molecule has 128 valence electrons. The fourth-order valence-corrected chi connectivity index (χ4v) is 7.03. The summed E-state index contributed by atoms with van der Waals surface area (Å²) in [6, 6.07) is 0. The van der Waals surface area contributed by atoms with Gasteiger partial charge in [-0.3, -0.25) is 0 Å². The highest BCUT2D eigenvalue weighted by Crippen LogP contribution is 2.66. The SMILES string of the molecule is C/C=C1/C(O)CC2C3CC=C4CC(O)CC[C@]4(C)C3CC[C@]12C. The summed E-state index contributed by atoms with van der Waals surface area (Å²) in [5.74, 6) is 2.09. The number of rotatable bonds is 0. The molecule has 4 aliphatic carbocycles. The fraction of sp³-hybridized carbons (Fsp3) is 0.810. The molecule has 0 bridgehead atoms. The Morgan fingerprint density at radius 1 is 1.09 bits per heavy atom. The number of hydrogen-bond acceptors (Lipinski definition) is 2. The van der Waals surface area contributed by atoms with Crippen LogP contribution in [0.25, 0.3) is 0 Å². The van der Waals surface area contributed by atoms with E-state index in [1.54, 1.807) is 0 Å². The molecule has 7 atom stereocenters. The van der Waals surface area contributed by atoms with Gasteiger partial charge in [-0.25, -0.2) is 0 Å². The minimum absolute atomic E-state index is 0.123. The molecule has 0 aromatic carbocycles. The van der Waals surface area contributed by atoms with Gasteiger partial charge in [-0.1, -0.05) is 31.6 Å². The van der Waals surface area contributed by atoms with Gasteiger partial charge in [0.2, 0.25) is 0 Å². The topological polar surface area (TPSA) is 40.5 Å². The van der Waals surface area contributed by atoms with Crippen molar-refractivity contribution in [2.45, 2.75) is 77.9 Å². The average molecular weight is 316 g/mol. The van der Waals surface area contributed by atoms with Crippen molar-refractivity contribution in [2.24, 2.45) is 28.6 Å². The van der Waals surface area contributed by atoms with Crippen LogP contribution in [-0.4, -0.2) is 22.4 Å². The highest BCUT2D eigenvalue weighted by Gasteiger charge is 2.58. The van der Waals surface area contributed by atoms with Gasteiger partial charge >= 0.3 is 0 Å². The van der Waals surface area contributed by atoms with Gasteiger partial charge in [-0.2, -0.15) is 0 Å². The van der Waals surface area contributed by atoms with E-state index in [1.807, 2.05) is 0 Å². The summed E-state index contributed by atoms with van der Waals surface area (Å²) in [4.78, 5) is 0. The average Bonchev–Trinajstić information content (AvgIpc) is 2.77. The van der Waals surface area contributed by atoms with Crippen LogP contribution in [0.4, 0.5) is 0 Å². The number of hydrogen-bond donors (Lipinski definition) is 2. The van der Waals surface area contributed by atoms with Crippen molar-refractivity contribution in [1.82, 2.24) is 0 Å². The zero-order valence-electron chi connectivity index (χ0n) is 14.9. The van der Waals surface area contributed by atoms with Crippen molar-refractivity contribution in [3.05, 3.63) is 23.3 Å². The van der Waals surface area contributed by atoms with E-state index in [2.05, 4.69) is 32.9 Å². The maximum Gasteiger partial charge on any atom is 0.0758 e. The minimum Gasteiger partial charge on any atom is -0.393 e. The lowest BCUT2D eigenvalue weighted by atomic mass is 9.48. The molecule has 0 amide bonds. The molecule has 4 aliphatic rings. The van der Waals surface area contributed by atoms with Gasteiger partial charge in [-0.15, -0.1) is 0 Å². The van der Waals surface area contributed by atoms with E-state index in [4.69, 9.17) is 0 Å². The van der Waals surface area contributed by atoms with E-state index in [9.17, 15) is 10.2 Å². The van der Waals surface area contributed by atoms with Crippen molar-refractivity contribution < 1.29 is 10.2 Å². The van der Waals surface area contributed by atoms with Crippen LogP contribution in [0.3, 0.4) is 0 Å². The predicted octanol–water partition coefficient (Wildman–Crippen LogP) is 4.23. The van der Waals surface area contributed by atoms with Crippen molar-refractivity contribution in [1.29, 1.82) is 0 Å². The Morgan fingerprint density at radius 2 is 1.83 bits per heavy atom. The van der Waals surface area contributed by atoms with Gasteiger partial charge in [-0.05, 0) is 86.0 Å². The largest absolute Gasteiger partial charge is 0.393 e. The molecule has 0 aliphatic heterocycles. The van der Waals surface area contributed by atoms with Gasteiger partial charge in [0, 0.05) is 0 Å². The second kappa shape index (κ2) is 5.20. The van der Waals surface area contributed by atoms with E-state index in [1.165, 1.54) is 24.0 Å². The summed E-state index contributed by atoms with van der Waals surface area (Å²) in [6.45, 7) is 6.97. The third-order valence-corrected chi connectivity index (χ3v) is 8.27. The molecule has 2 nitrogen and oxygen atoms in total. The Labute approximate surface area is 140 Å². The van der Waals surface area contributed by atoms with Gasteiger partial charge in [0.05, 0.1) is 12.2 Å². The zero-order chi connectivity index (χ0) is 16.4. The van der Waals surface area contributed by atoms with Crippen molar-refractivity contribution in [3.63, 3.8) is 0 Å². The second-order valence-electron chi connectivity index (χ2n) is 9.11. The highest BCUT2D eigenvalue weighted by atomic mass is 16.3. The standard InChI is InChI=1S/C21H32O2/c1-4-16-19(23)12-18-15-6-5-13-11-14(22)7-9-20(13,2)17(15)8-10-21(16,18)3/h4-5,14-15,17-19,22-23H,6-12H2,1-3H3/b16-4-/t14?,15?,17?,18?,19?,20-,21+/m0/s1. The lowest BCUT2D eigenvalue weighted by Crippen LogP contribution is -2.49. The highest BCUT2D eigenvalue weighted by molar-refractivity contribution is 5.31. The molecule has 0 saturated heterocycles. The monoisotopic (exact) mass is 316 g/mol. The Morgan fingerprint density at radius 3 is 2.57 bits per heavy atom. The van der Waals surface area contributed by atoms with Gasteiger partial charge in [0.1, 0.15) is 0 Å². The maximum absolute atomic E-state index is 10.6. The van der Waals surface area contributed by atoms with Crippen molar-refractivity contribution >= 4 is 0 Å². The Kier molecular flexibility index (Phi) is 3.59. The van der Waals surface area contributed by atoms with Crippen LogP contribution in [0.1, 0.15) is 65.7 Å². The molecular formula is C21H32O2. The first-order valence-electron chi connectivity index (χ1n) is 9.62. The summed E-state index contributed by atoms with van der Waals surface area (Å²) < 4.78 is 0. The quantitative estimate of drug-likeness (QED) is 0.657. The van der Waals surface area contributed by atoms with E-state index >= 15 is 0 Å². The third kappa shape index (κ3) is 2.07.